The zero-order valence-corrected chi connectivity index (χ0v) is 13.5. The number of hydrogen-bond acceptors (Lipinski definition) is 3. The van der Waals surface area contributed by atoms with E-state index in [1.54, 1.807) is 0 Å². The number of carbonyl (C=O) groups excluding carboxylic acids is 1. The second kappa shape index (κ2) is 7.63. The van der Waals surface area contributed by atoms with Crippen LogP contribution in [0.5, 0.6) is 0 Å². The van der Waals surface area contributed by atoms with E-state index in [0.29, 0.717) is 13.2 Å². The molecule has 1 unspecified atom stereocenters. The second-order valence-corrected chi connectivity index (χ2v) is 5.34. The van der Waals surface area contributed by atoms with Gasteiger partial charge in [-0.15, -0.1) is 12.4 Å². The minimum atomic E-state index is -0.406. The molecule has 1 aromatic carbocycles. The standard InChI is InChI=1S/C16H21N3O2.ClH/c1-2-7-19-8-5-12-3-4-13(10-14(12)19)18-16(20)15-11-17-6-9-21-15;/h3-5,8,10,15,17H,2,6-7,9,11H2,1H3,(H,18,20);1H. The number of rotatable bonds is 4. The van der Waals surface area contributed by atoms with E-state index in [-0.39, 0.29) is 18.3 Å². The highest BCUT2D eigenvalue weighted by atomic mass is 35.5. The highest BCUT2D eigenvalue weighted by molar-refractivity contribution is 5.96. The minimum Gasteiger partial charge on any atom is -0.366 e. The number of ether oxygens (including phenoxy) is 1. The maximum Gasteiger partial charge on any atom is 0.254 e. The number of aromatic nitrogens is 1. The van der Waals surface area contributed by atoms with Gasteiger partial charge in [-0.3, -0.25) is 4.79 Å². The molecule has 1 aromatic heterocycles. The lowest BCUT2D eigenvalue weighted by Crippen LogP contribution is -2.45. The largest absolute Gasteiger partial charge is 0.366 e. The summed E-state index contributed by atoms with van der Waals surface area (Å²) in [6.07, 6.45) is 2.77. The Balaban J connectivity index is 0.00000176. The number of aryl methyl sites for hydroxylation is 1. The predicted molar refractivity (Wildman–Crippen MR) is 90.7 cm³/mol. The zero-order chi connectivity index (χ0) is 14.7. The van der Waals surface area contributed by atoms with E-state index < -0.39 is 6.10 Å². The van der Waals surface area contributed by atoms with Crippen molar-refractivity contribution in [3.8, 4) is 0 Å². The highest BCUT2D eigenvalue weighted by Gasteiger charge is 2.21. The number of carbonyl (C=O) groups is 1. The molecular formula is C16H22ClN3O2. The highest BCUT2D eigenvalue weighted by Crippen LogP contribution is 2.21. The molecule has 5 nitrogen and oxygen atoms in total. The molecule has 2 N–H and O–H groups in total. The number of hydrogen-bond donors (Lipinski definition) is 2. The summed E-state index contributed by atoms with van der Waals surface area (Å²) in [6.45, 7) is 5.10. The SMILES string of the molecule is CCCn1ccc2ccc(NC(=O)C3CNCCO3)cc21.Cl. The number of anilines is 1. The third kappa shape index (κ3) is 3.61. The van der Waals surface area contributed by atoms with Crippen molar-refractivity contribution >= 4 is 34.9 Å². The molecule has 22 heavy (non-hydrogen) atoms. The van der Waals surface area contributed by atoms with E-state index >= 15 is 0 Å². The maximum absolute atomic E-state index is 12.2. The Morgan fingerprint density at radius 3 is 3.05 bits per heavy atom. The summed E-state index contributed by atoms with van der Waals surface area (Å²) in [5.74, 6) is -0.0878. The first-order valence-corrected chi connectivity index (χ1v) is 7.50. The number of nitrogens with one attached hydrogen (secondary N) is 2. The van der Waals surface area contributed by atoms with Gasteiger partial charge >= 0.3 is 0 Å². The molecule has 1 fully saturated rings. The van der Waals surface area contributed by atoms with Gasteiger partial charge in [0.1, 0.15) is 6.10 Å². The van der Waals surface area contributed by atoms with Crippen molar-refractivity contribution < 1.29 is 9.53 Å². The van der Waals surface area contributed by atoms with Gasteiger partial charge in [-0.2, -0.15) is 0 Å². The third-order valence-electron chi connectivity index (χ3n) is 3.73. The van der Waals surface area contributed by atoms with Gasteiger partial charge in [0.15, 0.2) is 0 Å². The lowest BCUT2D eigenvalue weighted by atomic mass is 10.2. The number of amides is 1. The molecule has 120 valence electrons. The normalized spacial score (nSPS) is 18.0. The van der Waals surface area contributed by atoms with Crippen molar-refractivity contribution in [2.45, 2.75) is 26.0 Å². The van der Waals surface area contributed by atoms with E-state index in [9.17, 15) is 4.79 Å². The Kier molecular flexibility index (Phi) is 5.83. The zero-order valence-electron chi connectivity index (χ0n) is 12.7. The van der Waals surface area contributed by atoms with Crippen molar-refractivity contribution in [3.63, 3.8) is 0 Å². The fraction of sp³-hybridized carbons (Fsp3) is 0.438. The van der Waals surface area contributed by atoms with Crippen LogP contribution in [0, 0.1) is 0 Å². The van der Waals surface area contributed by atoms with Crippen LogP contribution in [0.2, 0.25) is 0 Å². The van der Waals surface area contributed by atoms with Crippen LogP contribution in [0.15, 0.2) is 30.5 Å². The van der Waals surface area contributed by atoms with Crippen molar-refractivity contribution in [1.29, 1.82) is 0 Å². The fourth-order valence-electron chi connectivity index (χ4n) is 2.65. The first-order chi connectivity index (χ1) is 10.3. The monoisotopic (exact) mass is 323 g/mol. The van der Waals surface area contributed by atoms with Crippen LogP contribution in [-0.2, 0) is 16.1 Å². The molecule has 1 saturated heterocycles. The van der Waals surface area contributed by atoms with Crippen molar-refractivity contribution in [3.05, 3.63) is 30.5 Å². The summed E-state index contributed by atoms with van der Waals surface area (Å²) in [6, 6.07) is 8.10. The molecule has 0 radical (unpaired) electrons. The van der Waals surface area contributed by atoms with Crippen LogP contribution in [-0.4, -0.2) is 36.3 Å². The summed E-state index contributed by atoms with van der Waals surface area (Å²) in [5.41, 5.74) is 1.97. The number of morpholine rings is 1. The number of benzene rings is 1. The molecule has 1 aliphatic heterocycles. The molecule has 2 heterocycles. The molecule has 6 heteroatoms. The van der Waals surface area contributed by atoms with E-state index in [1.807, 2.05) is 18.2 Å². The molecule has 0 saturated carbocycles. The summed E-state index contributed by atoms with van der Waals surface area (Å²) >= 11 is 0. The Bertz CT molecular complexity index is 635. The van der Waals surface area contributed by atoms with Gasteiger partial charge in [-0.05, 0) is 30.0 Å². The second-order valence-electron chi connectivity index (χ2n) is 5.34. The number of nitrogens with zero attached hydrogens (tertiary/aromatic N) is 1. The minimum absolute atomic E-state index is 0. The smallest absolute Gasteiger partial charge is 0.254 e. The lowest BCUT2D eigenvalue weighted by Gasteiger charge is -2.22. The van der Waals surface area contributed by atoms with Crippen LogP contribution >= 0.6 is 12.4 Å². The number of halogens is 1. The summed E-state index contributed by atoms with van der Waals surface area (Å²) in [4.78, 5) is 12.2. The topological polar surface area (TPSA) is 55.3 Å². The number of fused-ring (bicyclic) bond motifs is 1. The quantitative estimate of drug-likeness (QED) is 0.908. The fourth-order valence-corrected chi connectivity index (χ4v) is 2.65. The van der Waals surface area contributed by atoms with Crippen LogP contribution in [0.4, 0.5) is 5.69 Å². The molecule has 3 rings (SSSR count). The third-order valence-corrected chi connectivity index (χ3v) is 3.73. The van der Waals surface area contributed by atoms with E-state index in [4.69, 9.17) is 4.74 Å². The Morgan fingerprint density at radius 1 is 1.45 bits per heavy atom. The van der Waals surface area contributed by atoms with Crippen LogP contribution in [0.1, 0.15) is 13.3 Å². The molecular weight excluding hydrogens is 302 g/mol. The first-order valence-electron chi connectivity index (χ1n) is 7.50. The summed E-state index contributed by atoms with van der Waals surface area (Å²) < 4.78 is 7.68. The summed E-state index contributed by atoms with van der Waals surface area (Å²) in [7, 11) is 0. The molecule has 2 aromatic rings. The molecule has 1 amide bonds. The van der Waals surface area contributed by atoms with Gasteiger partial charge in [0.25, 0.3) is 5.91 Å². The maximum atomic E-state index is 12.2. The first kappa shape index (κ1) is 16.8. The molecule has 0 spiro atoms. The van der Waals surface area contributed by atoms with Gasteiger partial charge in [0.05, 0.1) is 12.1 Å². The predicted octanol–water partition coefficient (Wildman–Crippen LogP) is 2.40. The van der Waals surface area contributed by atoms with Gasteiger partial charge in [0.2, 0.25) is 0 Å². The van der Waals surface area contributed by atoms with Crippen LogP contribution < -0.4 is 10.6 Å². The average molecular weight is 324 g/mol. The van der Waals surface area contributed by atoms with Crippen molar-refractivity contribution in [2.75, 3.05) is 25.0 Å². The summed E-state index contributed by atoms with van der Waals surface area (Å²) in [5, 5.41) is 7.30. The Labute approximate surface area is 136 Å². The Morgan fingerprint density at radius 2 is 2.32 bits per heavy atom. The van der Waals surface area contributed by atoms with Gasteiger partial charge in [-0.25, -0.2) is 0 Å². The van der Waals surface area contributed by atoms with E-state index in [1.165, 1.54) is 5.39 Å². The van der Waals surface area contributed by atoms with Crippen molar-refractivity contribution in [1.82, 2.24) is 9.88 Å². The molecule has 0 bridgehead atoms. The van der Waals surface area contributed by atoms with Crippen LogP contribution in [0.25, 0.3) is 10.9 Å². The molecule has 1 atom stereocenters. The van der Waals surface area contributed by atoms with Gasteiger partial charge in [0, 0.05) is 31.5 Å². The van der Waals surface area contributed by atoms with E-state index in [0.717, 1.165) is 30.7 Å². The molecule has 1 aliphatic rings. The van der Waals surface area contributed by atoms with Gasteiger partial charge in [-0.1, -0.05) is 13.0 Å². The van der Waals surface area contributed by atoms with Crippen molar-refractivity contribution in [2.24, 2.45) is 0 Å². The molecule has 0 aliphatic carbocycles. The average Bonchev–Trinajstić information content (AvgIpc) is 2.91. The lowest BCUT2D eigenvalue weighted by molar-refractivity contribution is -0.128. The van der Waals surface area contributed by atoms with Gasteiger partial charge < -0.3 is 19.9 Å². The van der Waals surface area contributed by atoms with Crippen LogP contribution in [0.3, 0.4) is 0 Å². The Hall–Kier alpha value is -1.56. The van der Waals surface area contributed by atoms with E-state index in [2.05, 4.69) is 34.4 Å².